The maximum Gasteiger partial charge on any atom is 0.146 e. The lowest BCUT2D eigenvalue weighted by Crippen LogP contribution is -2.34. The third kappa shape index (κ3) is 2.32. The van der Waals surface area contributed by atoms with E-state index in [9.17, 15) is 4.39 Å². The molecule has 1 aromatic carbocycles. The van der Waals surface area contributed by atoms with E-state index < -0.39 is 0 Å². The van der Waals surface area contributed by atoms with E-state index >= 15 is 0 Å². The molecule has 0 bridgehead atoms. The van der Waals surface area contributed by atoms with Crippen molar-refractivity contribution in [3.8, 4) is 0 Å². The number of rotatable bonds is 3. The molecule has 0 saturated heterocycles. The van der Waals surface area contributed by atoms with Crippen LogP contribution in [0.2, 0.25) is 0 Å². The molecule has 3 N–H and O–H groups in total. The molecule has 1 aliphatic rings. The average Bonchev–Trinajstić information content (AvgIpc) is 2.50. The maximum absolute atomic E-state index is 14.0. The highest BCUT2D eigenvalue weighted by Gasteiger charge is 2.29. The molecule has 2 atom stereocenters. The molecule has 2 unspecified atom stereocenters. The van der Waals surface area contributed by atoms with E-state index in [2.05, 4.69) is 28.6 Å². The normalized spacial score (nSPS) is 19.4. The van der Waals surface area contributed by atoms with E-state index in [4.69, 9.17) is 5.84 Å². The number of nitrogens with zero attached hydrogens (tertiary/aromatic N) is 1. The number of hydrogen-bond donors (Lipinski definition) is 2. The molecule has 3 rings (SSSR count). The molecule has 1 aromatic heterocycles. The summed E-state index contributed by atoms with van der Waals surface area (Å²) in [6.45, 7) is 0. The highest BCUT2D eigenvalue weighted by molar-refractivity contribution is 5.36. The Bertz CT molecular complexity index is 600. The van der Waals surface area contributed by atoms with Crippen LogP contribution in [0.25, 0.3) is 0 Å². The Hall–Kier alpha value is -1.78. The Morgan fingerprint density at radius 3 is 2.95 bits per heavy atom. The zero-order chi connectivity index (χ0) is 13.9. The summed E-state index contributed by atoms with van der Waals surface area (Å²) < 4.78 is 14.0. The number of benzene rings is 1. The van der Waals surface area contributed by atoms with Gasteiger partial charge in [-0.3, -0.25) is 16.3 Å². The van der Waals surface area contributed by atoms with Gasteiger partial charge in [-0.05, 0) is 36.5 Å². The van der Waals surface area contributed by atoms with Gasteiger partial charge in [0, 0.05) is 17.7 Å². The van der Waals surface area contributed by atoms with Crippen LogP contribution < -0.4 is 11.3 Å². The average molecular weight is 271 g/mol. The Kier molecular flexibility index (Phi) is 3.76. The number of hydrazine groups is 1. The molecule has 0 fully saturated rings. The van der Waals surface area contributed by atoms with Crippen LogP contribution in [-0.2, 0) is 6.42 Å². The van der Waals surface area contributed by atoms with E-state index in [-0.39, 0.29) is 17.8 Å². The fraction of sp³-hybridized carbons (Fsp3) is 0.312. The number of nitrogens with two attached hydrogens (primary N) is 1. The monoisotopic (exact) mass is 271 g/mol. The molecule has 0 saturated carbocycles. The number of pyridine rings is 1. The summed E-state index contributed by atoms with van der Waals surface area (Å²) >= 11 is 0. The van der Waals surface area contributed by atoms with E-state index in [0.29, 0.717) is 5.56 Å². The molecule has 1 aliphatic carbocycles. The summed E-state index contributed by atoms with van der Waals surface area (Å²) in [7, 11) is 0. The van der Waals surface area contributed by atoms with Gasteiger partial charge in [0.15, 0.2) is 0 Å². The second kappa shape index (κ2) is 5.69. The van der Waals surface area contributed by atoms with Gasteiger partial charge >= 0.3 is 0 Å². The third-order valence-corrected chi connectivity index (χ3v) is 4.14. The van der Waals surface area contributed by atoms with E-state index in [1.165, 1.54) is 17.3 Å². The summed E-state index contributed by atoms with van der Waals surface area (Å²) in [4.78, 5) is 3.81. The van der Waals surface area contributed by atoms with Crippen molar-refractivity contribution in [2.24, 2.45) is 5.84 Å². The summed E-state index contributed by atoms with van der Waals surface area (Å²) in [5.41, 5.74) is 6.01. The van der Waals surface area contributed by atoms with Crippen LogP contribution in [0.4, 0.5) is 4.39 Å². The molecule has 0 radical (unpaired) electrons. The van der Waals surface area contributed by atoms with Gasteiger partial charge in [0.05, 0.1) is 12.2 Å². The number of aromatic nitrogens is 1. The highest BCUT2D eigenvalue weighted by atomic mass is 19.1. The Labute approximate surface area is 118 Å². The van der Waals surface area contributed by atoms with Crippen molar-refractivity contribution in [3.63, 3.8) is 0 Å². The lowest BCUT2D eigenvalue weighted by atomic mass is 9.77. The zero-order valence-corrected chi connectivity index (χ0v) is 11.2. The van der Waals surface area contributed by atoms with Crippen LogP contribution in [0.15, 0.2) is 42.7 Å². The predicted molar refractivity (Wildman–Crippen MR) is 76.4 cm³/mol. The van der Waals surface area contributed by atoms with Gasteiger partial charge in [0.2, 0.25) is 0 Å². The highest BCUT2D eigenvalue weighted by Crippen LogP contribution is 2.40. The number of hydrogen-bond acceptors (Lipinski definition) is 3. The second-order valence-electron chi connectivity index (χ2n) is 5.24. The topological polar surface area (TPSA) is 50.9 Å². The SMILES string of the molecule is NNC(c1ccncc1F)C1CCCc2ccccc21. The Balaban J connectivity index is 2.01. The first-order chi connectivity index (χ1) is 9.81. The minimum atomic E-state index is -0.307. The summed E-state index contributed by atoms with van der Waals surface area (Å²) in [6, 6.07) is 9.85. The van der Waals surface area contributed by atoms with Crippen LogP contribution in [-0.4, -0.2) is 4.98 Å². The van der Waals surface area contributed by atoms with Gasteiger partial charge in [0.1, 0.15) is 5.82 Å². The van der Waals surface area contributed by atoms with Crippen molar-refractivity contribution in [2.45, 2.75) is 31.2 Å². The van der Waals surface area contributed by atoms with E-state index in [1.807, 2.05) is 6.07 Å². The molecular formula is C16H18FN3. The molecule has 104 valence electrons. The van der Waals surface area contributed by atoms with Crippen LogP contribution >= 0.6 is 0 Å². The van der Waals surface area contributed by atoms with Crippen molar-refractivity contribution in [3.05, 3.63) is 65.2 Å². The van der Waals surface area contributed by atoms with Gasteiger partial charge < -0.3 is 0 Å². The molecule has 1 heterocycles. The fourth-order valence-corrected chi connectivity index (χ4v) is 3.20. The first kappa shape index (κ1) is 13.2. The molecule has 20 heavy (non-hydrogen) atoms. The van der Waals surface area contributed by atoms with Crippen LogP contribution in [0.1, 0.15) is 41.5 Å². The standard InChI is InChI=1S/C16H18FN3/c17-15-10-19-9-8-14(15)16(20-18)13-7-3-5-11-4-1-2-6-12(11)13/h1-2,4,6,8-10,13,16,20H,3,5,7,18H2. The zero-order valence-electron chi connectivity index (χ0n) is 11.2. The summed E-state index contributed by atoms with van der Waals surface area (Å²) in [5, 5.41) is 0. The first-order valence-electron chi connectivity index (χ1n) is 6.94. The third-order valence-electron chi connectivity index (χ3n) is 4.14. The van der Waals surface area contributed by atoms with Gasteiger partial charge in [0.25, 0.3) is 0 Å². The number of aryl methyl sites for hydroxylation is 1. The van der Waals surface area contributed by atoms with Gasteiger partial charge in [-0.1, -0.05) is 24.3 Å². The lowest BCUT2D eigenvalue weighted by Gasteiger charge is -2.32. The van der Waals surface area contributed by atoms with E-state index in [0.717, 1.165) is 19.3 Å². The summed E-state index contributed by atoms with van der Waals surface area (Å²) in [5.74, 6) is 5.61. The largest absolute Gasteiger partial charge is 0.271 e. The minimum Gasteiger partial charge on any atom is -0.271 e. The number of halogens is 1. The van der Waals surface area contributed by atoms with Gasteiger partial charge in [-0.25, -0.2) is 4.39 Å². The van der Waals surface area contributed by atoms with Crippen molar-refractivity contribution >= 4 is 0 Å². The Morgan fingerprint density at radius 2 is 2.15 bits per heavy atom. The molecule has 0 amide bonds. The van der Waals surface area contributed by atoms with Crippen molar-refractivity contribution < 1.29 is 4.39 Å². The second-order valence-corrected chi connectivity index (χ2v) is 5.24. The van der Waals surface area contributed by atoms with Crippen LogP contribution in [0.5, 0.6) is 0 Å². The maximum atomic E-state index is 14.0. The molecule has 2 aromatic rings. The lowest BCUT2D eigenvalue weighted by molar-refractivity contribution is 0.395. The van der Waals surface area contributed by atoms with E-state index in [1.54, 1.807) is 12.3 Å². The van der Waals surface area contributed by atoms with Crippen LogP contribution in [0, 0.1) is 5.82 Å². The van der Waals surface area contributed by atoms with Gasteiger partial charge in [-0.15, -0.1) is 0 Å². The van der Waals surface area contributed by atoms with Gasteiger partial charge in [-0.2, -0.15) is 0 Å². The molecular weight excluding hydrogens is 253 g/mol. The quantitative estimate of drug-likeness (QED) is 0.666. The van der Waals surface area contributed by atoms with Crippen molar-refractivity contribution in [1.29, 1.82) is 0 Å². The Morgan fingerprint density at radius 1 is 1.30 bits per heavy atom. The molecule has 3 nitrogen and oxygen atoms in total. The van der Waals surface area contributed by atoms with Crippen LogP contribution in [0.3, 0.4) is 0 Å². The smallest absolute Gasteiger partial charge is 0.146 e. The first-order valence-corrected chi connectivity index (χ1v) is 6.94. The van der Waals surface area contributed by atoms with Crippen molar-refractivity contribution in [1.82, 2.24) is 10.4 Å². The summed E-state index contributed by atoms with van der Waals surface area (Å²) in [6.07, 6.45) is 6.05. The van der Waals surface area contributed by atoms with Crippen molar-refractivity contribution in [2.75, 3.05) is 0 Å². The molecule has 0 spiro atoms. The molecule has 0 aliphatic heterocycles. The fourth-order valence-electron chi connectivity index (χ4n) is 3.20. The number of nitrogens with one attached hydrogen (secondary N) is 1. The predicted octanol–water partition coefficient (Wildman–Crippen LogP) is 2.85. The minimum absolute atomic E-state index is 0.196. The molecule has 4 heteroatoms. The number of fused-ring (bicyclic) bond motifs is 1.